The molecule has 2 atom stereocenters. The first-order chi connectivity index (χ1) is 9.66. The van der Waals surface area contributed by atoms with Crippen molar-refractivity contribution in [1.29, 1.82) is 0 Å². The number of pyridine rings is 1. The number of piperidine rings is 1. The second-order valence-electron chi connectivity index (χ2n) is 5.84. The number of aromatic nitrogens is 1. The molecule has 2 aliphatic rings. The third-order valence-corrected chi connectivity index (χ3v) is 5.05. The van der Waals surface area contributed by atoms with Gasteiger partial charge in [0.05, 0.1) is 5.56 Å². The summed E-state index contributed by atoms with van der Waals surface area (Å²) in [6.45, 7) is 0.853. The van der Waals surface area contributed by atoms with Crippen molar-refractivity contribution in [3.63, 3.8) is 0 Å². The molecule has 1 saturated carbocycles. The Morgan fingerprint density at radius 1 is 1.30 bits per heavy atom. The van der Waals surface area contributed by atoms with Gasteiger partial charge in [-0.15, -0.1) is 0 Å². The van der Waals surface area contributed by atoms with Crippen LogP contribution in [0.2, 0.25) is 0 Å². The highest BCUT2D eigenvalue weighted by atomic mass is 79.9. The number of nitrogen functional groups attached to an aromatic ring is 1. The summed E-state index contributed by atoms with van der Waals surface area (Å²) in [5, 5.41) is 0. The lowest BCUT2D eigenvalue weighted by atomic mass is 9.78. The van der Waals surface area contributed by atoms with E-state index in [-0.39, 0.29) is 5.91 Å². The fourth-order valence-corrected chi connectivity index (χ4v) is 3.98. The smallest absolute Gasteiger partial charge is 0.257 e. The number of carbonyl (C=O) groups excluding carboxylic acids is 1. The van der Waals surface area contributed by atoms with E-state index < -0.39 is 0 Å². The molecular weight excluding hydrogens is 318 g/mol. The van der Waals surface area contributed by atoms with Crippen molar-refractivity contribution in [2.24, 2.45) is 5.92 Å². The highest BCUT2D eigenvalue weighted by Gasteiger charge is 2.36. The molecule has 4 nitrogen and oxygen atoms in total. The van der Waals surface area contributed by atoms with Gasteiger partial charge in [0, 0.05) is 23.3 Å². The summed E-state index contributed by atoms with van der Waals surface area (Å²) in [6, 6.07) is 2.19. The van der Waals surface area contributed by atoms with E-state index in [4.69, 9.17) is 5.73 Å². The van der Waals surface area contributed by atoms with Gasteiger partial charge in [-0.3, -0.25) is 4.79 Å². The third kappa shape index (κ3) is 2.55. The average molecular weight is 338 g/mol. The molecule has 5 heteroatoms. The number of fused-ring (bicyclic) bond motifs is 1. The Balaban J connectivity index is 1.87. The summed E-state index contributed by atoms with van der Waals surface area (Å²) in [5.74, 6) is 1.06. The Labute approximate surface area is 127 Å². The molecule has 2 fully saturated rings. The molecule has 0 spiro atoms. The largest absolute Gasteiger partial charge is 0.383 e. The number of halogens is 1. The second-order valence-corrected chi connectivity index (χ2v) is 6.75. The lowest BCUT2D eigenvalue weighted by Crippen LogP contribution is -2.49. The molecule has 0 aromatic carbocycles. The Bertz CT molecular complexity index is 518. The van der Waals surface area contributed by atoms with Crippen LogP contribution in [-0.4, -0.2) is 28.4 Å². The molecular formula is C15H20BrN3O. The molecule has 1 aromatic heterocycles. The van der Waals surface area contributed by atoms with Crippen LogP contribution in [-0.2, 0) is 0 Å². The van der Waals surface area contributed by atoms with Crippen molar-refractivity contribution >= 4 is 27.7 Å². The van der Waals surface area contributed by atoms with Crippen LogP contribution in [0.4, 0.5) is 5.82 Å². The van der Waals surface area contributed by atoms with Crippen molar-refractivity contribution in [3.8, 4) is 0 Å². The maximum atomic E-state index is 12.8. The number of carbonyl (C=O) groups is 1. The van der Waals surface area contributed by atoms with Gasteiger partial charge < -0.3 is 10.6 Å². The van der Waals surface area contributed by atoms with Crippen molar-refractivity contribution in [1.82, 2.24) is 9.88 Å². The zero-order valence-corrected chi connectivity index (χ0v) is 13.1. The van der Waals surface area contributed by atoms with Crippen LogP contribution in [0.25, 0.3) is 0 Å². The molecule has 3 rings (SSSR count). The lowest BCUT2D eigenvalue weighted by Gasteiger charge is -2.44. The quantitative estimate of drug-likeness (QED) is 0.855. The van der Waals surface area contributed by atoms with Gasteiger partial charge >= 0.3 is 0 Å². The first-order valence-corrected chi connectivity index (χ1v) is 8.18. The molecule has 0 radical (unpaired) electrons. The zero-order chi connectivity index (χ0) is 14.1. The van der Waals surface area contributed by atoms with Gasteiger partial charge in [-0.05, 0) is 53.6 Å². The summed E-state index contributed by atoms with van der Waals surface area (Å²) in [4.78, 5) is 18.9. The summed E-state index contributed by atoms with van der Waals surface area (Å²) in [6.07, 6.45) is 8.94. The van der Waals surface area contributed by atoms with Crippen LogP contribution in [0.3, 0.4) is 0 Å². The summed E-state index contributed by atoms with van der Waals surface area (Å²) < 4.78 is 0.798. The number of nitrogens with two attached hydrogens (primary N) is 1. The number of anilines is 1. The molecule has 108 valence electrons. The van der Waals surface area contributed by atoms with E-state index >= 15 is 0 Å². The highest BCUT2D eigenvalue weighted by molar-refractivity contribution is 9.10. The Hall–Kier alpha value is -1.10. The average Bonchev–Trinajstić information content (AvgIpc) is 2.48. The molecule has 0 bridgehead atoms. The fourth-order valence-electron chi connectivity index (χ4n) is 3.65. The monoisotopic (exact) mass is 337 g/mol. The van der Waals surface area contributed by atoms with E-state index in [1.165, 1.54) is 25.7 Å². The molecule has 2 heterocycles. The summed E-state index contributed by atoms with van der Waals surface area (Å²) in [7, 11) is 0. The van der Waals surface area contributed by atoms with Gasteiger partial charge in [0.25, 0.3) is 5.91 Å². The Morgan fingerprint density at radius 2 is 2.05 bits per heavy atom. The van der Waals surface area contributed by atoms with Crippen LogP contribution < -0.4 is 5.73 Å². The maximum Gasteiger partial charge on any atom is 0.257 e. The topological polar surface area (TPSA) is 59.2 Å². The Morgan fingerprint density at radius 3 is 2.90 bits per heavy atom. The first-order valence-electron chi connectivity index (χ1n) is 7.39. The van der Waals surface area contributed by atoms with E-state index in [1.807, 2.05) is 4.90 Å². The van der Waals surface area contributed by atoms with E-state index in [2.05, 4.69) is 20.9 Å². The standard InChI is InChI=1S/C15H20BrN3O/c16-11-8-12(14(17)18-9-11)15(20)19-7-3-5-10-4-1-2-6-13(10)19/h8-10,13H,1-7H2,(H2,17,18)/t10-,13-/m1/s1. The van der Waals surface area contributed by atoms with Crippen LogP contribution in [0.1, 0.15) is 48.9 Å². The predicted molar refractivity (Wildman–Crippen MR) is 82.4 cm³/mol. The van der Waals surface area contributed by atoms with Crippen LogP contribution in [0.5, 0.6) is 0 Å². The fraction of sp³-hybridized carbons (Fsp3) is 0.600. The molecule has 1 aliphatic carbocycles. The van der Waals surface area contributed by atoms with E-state index in [0.29, 0.717) is 23.3 Å². The number of nitrogens with zero attached hydrogens (tertiary/aromatic N) is 2. The number of hydrogen-bond acceptors (Lipinski definition) is 3. The van der Waals surface area contributed by atoms with E-state index in [1.54, 1.807) is 12.3 Å². The van der Waals surface area contributed by atoms with Crippen molar-refractivity contribution < 1.29 is 4.79 Å². The van der Waals surface area contributed by atoms with Gasteiger partial charge in [-0.2, -0.15) is 0 Å². The molecule has 1 aliphatic heterocycles. The first kappa shape index (κ1) is 13.9. The highest BCUT2D eigenvalue weighted by Crippen LogP contribution is 2.36. The molecule has 1 amide bonds. The normalized spacial score (nSPS) is 26.1. The number of hydrogen-bond donors (Lipinski definition) is 1. The molecule has 0 unspecified atom stereocenters. The summed E-state index contributed by atoms with van der Waals surface area (Å²) >= 11 is 3.37. The predicted octanol–water partition coefficient (Wildman–Crippen LogP) is 3.22. The number of amides is 1. The van der Waals surface area contributed by atoms with Gasteiger partial charge in [0.15, 0.2) is 0 Å². The van der Waals surface area contributed by atoms with Gasteiger partial charge in [-0.25, -0.2) is 4.98 Å². The Kier molecular flexibility index (Phi) is 3.96. The van der Waals surface area contributed by atoms with Crippen molar-refractivity contribution in [2.75, 3.05) is 12.3 Å². The van der Waals surface area contributed by atoms with Crippen LogP contribution >= 0.6 is 15.9 Å². The van der Waals surface area contributed by atoms with Crippen LogP contribution in [0.15, 0.2) is 16.7 Å². The van der Waals surface area contributed by atoms with Gasteiger partial charge in [0.2, 0.25) is 0 Å². The van der Waals surface area contributed by atoms with Crippen molar-refractivity contribution in [2.45, 2.75) is 44.6 Å². The SMILES string of the molecule is Nc1ncc(Br)cc1C(=O)N1CCC[C@H]2CCCC[C@H]21. The lowest BCUT2D eigenvalue weighted by molar-refractivity contribution is 0.0391. The van der Waals surface area contributed by atoms with Gasteiger partial charge in [-0.1, -0.05) is 12.8 Å². The van der Waals surface area contributed by atoms with Crippen molar-refractivity contribution in [3.05, 3.63) is 22.3 Å². The minimum Gasteiger partial charge on any atom is -0.383 e. The minimum absolute atomic E-state index is 0.0490. The zero-order valence-electron chi connectivity index (χ0n) is 11.5. The third-order valence-electron chi connectivity index (χ3n) is 4.62. The minimum atomic E-state index is 0.0490. The molecule has 1 saturated heterocycles. The summed E-state index contributed by atoms with van der Waals surface area (Å²) in [5.41, 5.74) is 6.42. The molecule has 2 N–H and O–H groups in total. The van der Waals surface area contributed by atoms with Crippen LogP contribution in [0, 0.1) is 5.92 Å². The van der Waals surface area contributed by atoms with Gasteiger partial charge in [0.1, 0.15) is 5.82 Å². The second kappa shape index (κ2) is 5.72. The molecule has 20 heavy (non-hydrogen) atoms. The maximum absolute atomic E-state index is 12.8. The molecule has 1 aromatic rings. The van der Waals surface area contributed by atoms with E-state index in [0.717, 1.165) is 23.9 Å². The number of likely N-dealkylation sites (tertiary alicyclic amines) is 1. The van der Waals surface area contributed by atoms with E-state index in [9.17, 15) is 4.79 Å². The number of rotatable bonds is 1.